The van der Waals surface area contributed by atoms with Crippen LogP contribution in [0.5, 0.6) is 5.75 Å². The number of fused-ring (bicyclic) bond motifs is 5. The highest BCUT2D eigenvalue weighted by Crippen LogP contribution is 2.59. The monoisotopic (exact) mass is 370 g/mol. The van der Waals surface area contributed by atoms with Crippen LogP contribution in [0.1, 0.15) is 76.3 Å². The van der Waals surface area contributed by atoms with Crippen molar-refractivity contribution in [3.8, 4) is 5.75 Å². The van der Waals surface area contributed by atoms with Crippen molar-refractivity contribution in [2.24, 2.45) is 17.3 Å². The van der Waals surface area contributed by atoms with Gasteiger partial charge in [-0.1, -0.05) is 19.9 Å². The van der Waals surface area contributed by atoms with Gasteiger partial charge in [-0.25, -0.2) is 4.79 Å². The van der Waals surface area contributed by atoms with Crippen molar-refractivity contribution in [3.05, 3.63) is 29.3 Å². The number of hydrogen-bond acceptors (Lipinski definition) is 4. The summed E-state index contributed by atoms with van der Waals surface area (Å²) >= 11 is 0. The van der Waals surface area contributed by atoms with Crippen LogP contribution in [0.2, 0.25) is 0 Å². The molecule has 1 aromatic carbocycles. The predicted molar refractivity (Wildman–Crippen MR) is 103 cm³/mol. The van der Waals surface area contributed by atoms with Crippen molar-refractivity contribution >= 4 is 11.9 Å². The Hall–Kier alpha value is -1.84. The van der Waals surface area contributed by atoms with Crippen LogP contribution in [0.15, 0.2) is 18.2 Å². The molecular formula is C23H30O4. The zero-order valence-corrected chi connectivity index (χ0v) is 16.6. The first-order valence-corrected chi connectivity index (χ1v) is 10.5. The van der Waals surface area contributed by atoms with E-state index in [2.05, 4.69) is 13.0 Å². The average Bonchev–Trinajstić information content (AvgIpc) is 2.96. The van der Waals surface area contributed by atoms with Gasteiger partial charge < -0.3 is 9.47 Å². The first kappa shape index (κ1) is 18.5. The lowest BCUT2D eigenvalue weighted by molar-refractivity contribution is -0.129. The van der Waals surface area contributed by atoms with Crippen LogP contribution in [0.4, 0.5) is 4.79 Å². The summed E-state index contributed by atoms with van der Waals surface area (Å²) < 4.78 is 10.6. The third-order valence-electron chi connectivity index (χ3n) is 7.48. The van der Waals surface area contributed by atoms with E-state index in [1.54, 1.807) is 0 Å². The third kappa shape index (κ3) is 3.17. The molecule has 146 valence electrons. The molecule has 4 rings (SSSR count). The van der Waals surface area contributed by atoms with Gasteiger partial charge in [0.2, 0.25) is 0 Å². The predicted octanol–water partition coefficient (Wildman–Crippen LogP) is 5.43. The summed E-state index contributed by atoms with van der Waals surface area (Å²) in [5.41, 5.74) is 2.61. The molecule has 3 aliphatic rings. The van der Waals surface area contributed by atoms with Crippen LogP contribution >= 0.6 is 0 Å². The summed E-state index contributed by atoms with van der Waals surface area (Å²) in [6.07, 6.45) is 6.06. The Labute approximate surface area is 161 Å². The van der Waals surface area contributed by atoms with Crippen molar-refractivity contribution in [2.75, 3.05) is 0 Å². The molecule has 1 aromatic rings. The number of benzene rings is 1. The van der Waals surface area contributed by atoms with E-state index >= 15 is 0 Å². The second-order valence-electron chi connectivity index (χ2n) is 8.88. The number of Topliss-reactive ketones (excluding diaryl/α,β-unsaturated/α-hetero) is 1. The molecule has 4 heteroatoms. The molecule has 0 spiro atoms. The molecule has 0 heterocycles. The molecule has 2 saturated carbocycles. The number of ketones is 1. The third-order valence-corrected chi connectivity index (χ3v) is 7.48. The van der Waals surface area contributed by atoms with Crippen molar-refractivity contribution < 1.29 is 19.1 Å². The lowest BCUT2D eigenvalue weighted by Gasteiger charge is -2.48. The topological polar surface area (TPSA) is 52.6 Å². The summed E-state index contributed by atoms with van der Waals surface area (Å²) in [7, 11) is 0. The molecule has 0 radical (unpaired) electrons. The summed E-state index contributed by atoms with van der Waals surface area (Å²) in [5.74, 6) is 2.75. The Morgan fingerprint density at radius 2 is 2.07 bits per heavy atom. The lowest BCUT2D eigenvalue weighted by Crippen LogP contribution is -2.42. The molecule has 0 aliphatic heterocycles. The summed E-state index contributed by atoms with van der Waals surface area (Å²) in [4.78, 5) is 24.3. The highest BCUT2D eigenvalue weighted by Gasteiger charge is 2.54. The van der Waals surface area contributed by atoms with Crippen molar-refractivity contribution in [1.29, 1.82) is 0 Å². The lowest BCUT2D eigenvalue weighted by atomic mass is 9.55. The largest absolute Gasteiger partial charge is 0.514 e. The molecule has 0 saturated heterocycles. The number of rotatable bonds is 3. The van der Waals surface area contributed by atoms with Gasteiger partial charge in [-0.3, -0.25) is 4.79 Å². The average molecular weight is 370 g/mol. The minimum absolute atomic E-state index is 0.0819. The molecule has 5 unspecified atom stereocenters. The number of ether oxygens (including phenoxy) is 2. The standard InChI is InChI=1S/C23H30O4/c1-4-14(2)26-22(25)27-16-6-8-17-15(13-16)5-7-19-18(17)11-12-23(3)20(19)9-10-21(23)24/h6,8,13-14,18-20H,4-5,7,9-12H2,1-3H3. The van der Waals surface area contributed by atoms with E-state index in [1.807, 2.05) is 26.0 Å². The Bertz CT molecular complexity index is 755. The molecule has 5 atom stereocenters. The molecule has 3 aliphatic carbocycles. The normalized spacial score (nSPS) is 32.9. The van der Waals surface area contributed by atoms with Gasteiger partial charge in [-0.2, -0.15) is 0 Å². The molecule has 2 fully saturated rings. The molecule has 0 amide bonds. The molecule has 4 nitrogen and oxygen atoms in total. The quantitative estimate of drug-likeness (QED) is 0.526. The second kappa shape index (κ2) is 6.96. The maximum Gasteiger partial charge on any atom is 0.514 e. The molecule has 0 bridgehead atoms. The Balaban J connectivity index is 1.51. The maximum atomic E-state index is 12.4. The summed E-state index contributed by atoms with van der Waals surface area (Å²) in [6, 6.07) is 6.04. The van der Waals surface area contributed by atoms with E-state index < -0.39 is 6.16 Å². The minimum atomic E-state index is -0.629. The van der Waals surface area contributed by atoms with Crippen LogP contribution in [-0.4, -0.2) is 18.0 Å². The van der Waals surface area contributed by atoms with Crippen LogP contribution in [0.3, 0.4) is 0 Å². The van der Waals surface area contributed by atoms with E-state index in [0.29, 0.717) is 29.3 Å². The van der Waals surface area contributed by atoms with Crippen LogP contribution in [0, 0.1) is 17.3 Å². The summed E-state index contributed by atoms with van der Waals surface area (Å²) in [6.45, 7) is 6.04. The van der Waals surface area contributed by atoms with Crippen molar-refractivity contribution in [3.63, 3.8) is 0 Å². The number of hydrogen-bond donors (Lipinski definition) is 0. The van der Waals surface area contributed by atoms with Gasteiger partial charge in [0.15, 0.2) is 0 Å². The number of aryl methyl sites for hydroxylation is 1. The Morgan fingerprint density at radius 3 is 2.85 bits per heavy atom. The smallest absolute Gasteiger partial charge is 0.431 e. The fraction of sp³-hybridized carbons (Fsp3) is 0.652. The highest BCUT2D eigenvalue weighted by molar-refractivity contribution is 5.87. The van der Waals surface area contributed by atoms with Gasteiger partial charge in [-0.15, -0.1) is 0 Å². The van der Waals surface area contributed by atoms with Gasteiger partial charge in [0.1, 0.15) is 17.6 Å². The Morgan fingerprint density at radius 1 is 1.26 bits per heavy atom. The minimum Gasteiger partial charge on any atom is -0.431 e. The molecule has 27 heavy (non-hydrogen) atoms. The van der Waals surface area contributed by atoms with Crippen LogP contribution in [0.25, 0.3) is 0 Å². The van der Waals surface area contributed by atoms with Gasteiger partial charge >= 0.3 is 6.16 Å². The number of carbonyl (C=O) groups excluding carboxylic acids is 2. The highest BCUT2D eigenvalue weighted by atomic mass is 16.7. The van der Waals surface area contributed by atoms with E-state index in [-0.39, 0.29) is 11.5 Å². The number of carbonyl (C=O) groups is 2. The van der Waals surface area contributed by atoms with Gasteiger partial charge in [0.25, 0.3) is 0 Å². The van der Waals surface area contributed by atoms with Gasteiger partial charge in [0, 0.05) is 11.8 Å². The maximum absolute atomic E-state index is 12.4. The van der Waals surface area contributed by atoms with E-state index in [0.717, 1.165) is 44.9 Å². The van der Waals surface area contributed by atoms with E-state index in [9.17, 15) is 9.59 Å². The fourth-order valence-corrected chi connectivity index (χ4v) is 5.76. The summed E-state index contributed by atoms with van der Waals surface area (Å²) in [5, 5.41) is 0. The van der Waals surface area contributed by atoms with E-state index in [4.69, 9.17) is 9.47 Å². The van der Waals surface area contributed by atoms with E-state index in [1.165, 1.54) is 11.1 Å². The molecular weight excluding hydrogens is 340 g/mol. The fourth-order valence-electron chi connectivity index (χ4n) is 5.76. The van der Waals surface area contributed by atoms with Gasteiger partial charge in [-0.05, 0) is 86.5 Å². The first-order valence-electron chi connectivity index (χ1n) is 10.5. The molecule has 0 N–H and O–H groups in total. The van der Waals surface area contributed by atoms with Crippen molar-refractivity contribution in [1.82, 2.24) is 0 Å². The zero-order valence-electron chi connectivity index (χ0n) is 16.6. The zero-order chi connectivity index (χ0) is 19.2. The van der Waals surface area contributed by atoms with Crippen LogP contribution in [-0.2, 0) is 16.0 Å². The second-order valence-corrected chi connectivity index (χ2v) is 8.88. The molecule has 0 aromatic heterocycles. The van der Waals surface area contributed by atoms with Crippen LogP contribution < -0.4 is 4.74 Å². The Kier molecular flexibility index (Phi) is 4.77. The van der Waals surface area contributed by atoms with Crippen molar-refractivity contribution in [2.45, 2.75) is 77.7 Å². The first-order chi connectivity index (χ1) is 12.9. The SMILES string of the molecule is CCC(C)OC(=O)Oc1ccc2c(c1)CCC1C2CCC2(C)C(=O)CCC12. The van der Waals surface area contributed by atoms with Gasteiger partial charge in [0.05, 0.1) is 0 Å².